The fraction of sp³-hybridized carbons (Fsp3) is 0.545. The van der Waals surface area contributed by atoms with Crippen LogP contribution in [0.4, 0.5) is 0 Å². The SMILES string of the molecule is O=C(O)CCNC(=O)C1CC=CCC1C(=O)O. The number of carboxylic acids is 2. The van der Waals surface area contributed by atoms with E-state index in [4.69, 9.17) is 10.2 Å². The van der Waals surface area contributed by atoms with E-state index >= 15 is 0 Å². The fourth-order valence-electron chi connectivity index (χ4n) is 1.80. The van der Waals surface area contributed by atoms with Gasteiger partial charge in [0.25, 0.3) is 0 Å². The van der Waals surface area contributed by atoms with E-state index in [1.807, 2.05) is 0 Å². The Kier molecular flexibility index (Phi) is 4.68. The van der Waals surface area contributed by atoms with E-state index in [2.05, 4.69) is 5.32 Å². The van der Waals surface area contributed by atoms with Crippen LogP contribution in [0.1, 0.15) is 19.3 Å². The first-order chi connectivity index (χ1) is 8.02. The molecule has 94 valence electrons. The average molecular weight is 241 g/mol. The van der Waals surface area contributed by atoms with Crippen LogP contribution >= 0.6 is 0 Å². The first kappa shape index (κ1) is 13.2. The summed E-state index contributed by atoms with van der Waals surface area (Å²) in [5, 5.41) is 19.8. The number of amides is 1. The standard InChI is InChI=1S/C11H15NO5/c13-9(14)5-6-12-10(15)7-3-1-2-4-8(7)11(16)17/h1-2,7-8H,3-6H2,(H,12,15)(H,13,14)(H,16,17). The van der Waals surface area contributed by atoms with E-state index in [1.54, 1.807) is 12.2 Å². The molecule has 0 bridgehead atoms. The molecule has 0 saturated carbocycles. The van der Waals surface area contributed by atoms with E-state index in [0.717, 1.165) is 0 Å². The molecule has 0 radical (unpaired) electrons. The molecule has 17 heavy (non-hydrogen) atoms. The maximum Gasteiger partial charge on any atom is 0.307 e. The molecule has 1 aliphatic carbocycles. The van der Waals surface area contributed by atoms with E-state index in [1.165, 1.54) is 0 Å². The van der Waals surface area contributed by atoms with Crippen LogP contribution in [0.15, 0.2) is 12.2 Å². The Morgan fingerprint density at radius 1 is 1.12 bits per heavy atom. The Hall–Kier alpha value is -1.85. The van der Waals surface area contributed by atoms with Crippen molar-refractivity contribution in [3.8, 4) is 0 Å². The second kappa shape index (κ2) is 6.03. The van der Waals surface area contributed by atoms with Gasteiger partial charge in [-0.15, -0.1) is 0 Å². The zero-order valence-corrected chi connectivity index (χ0v) is 9.26. The molecule has 3 N–H and O–H groups in total. The van der Waals surface area contributed by atoms with Crippen molar-refractivity contribution in [2.24, 2.45) is 11.8 Å². The topological polar surface area (TPSA) is 104 Å². The molecular weight excluding hydrogens is 226 g/mol. The summed E-state index contributed by atoms with van der Waals surface area (Å²) < 4.78 is 0. The highest BCUT2D eigenvalue weighted by Crippen LogP contribution is 2.25. The molecule has 0 spiro atoms. The van der Waals surface area contributed by atoms with Gasteiger partial charge >= 0.3 is 11.9 Å². The molecule has 0 fully saturated rings. The zero-order valence-electron chi connectivity index (χ0n) is 9.26. The molecule has 2 unspecified atom stereocenters. The maximum atomic E-state index is 11.7. The number of nitrogens with one attached hydrogen (secondary N) is 1. The molecule has 1 amide bonds. The van der Waals surface area contributed by atoms with Gasteiger partial charge in [-0.25, -0.2) is 0 Å². The van der Waals surface area contributed by atoms with E-state index < -0.39 is 23.8 Å². The average Bonchev–Trinajstić information content (AvgIpc) is 2.28. The molecule has 0 aliphatic heterocycles. The Morgan fingerprint density at radius 3 is 2.24 bits per heavy atom. The quantitative estimate of drug-likeness (QED) is 0.598. The molecule has 1 aliphatic rings. The largest absolute Gasteiger partial charge is 0.481 e. The Morgan fingerprint density at radius 2 is 1.71 bits per heavy atom. The minimum Gasteiger partial charge on any atom is -0.481 e. The van der Waals surface area contributed by atoms with Crippen LogP contribution in [0.5, 0.6) is 0 Å². The smallest absolute Gasteiger partial charge is 0.307 e. The highest BCUT2D eigenvalue weighted by Gasteiger charge is 2.33. The number of aliphatic carboxylic acids is 2. The summed E-state index contributed by atoms with van der Waals surface area (Å²) in [6, 6.07) is 0. The number of hydrogen-bond donors (Lipinski definition) is 3. The normalized spacial score (nSPS) is 23.1. The van der Waals surface area contributed by atoms with Gasteiger partial charge < -0.3 is 15.5 Å². The van der Waals surface area contributed by atoms with Crippen LogP contribution in [0.2, 0.25) is 0 Å². The molecule has 0 heterocycles. The van der Waals surface area contributed by atoms with Gasteiger partial charge in [-0.2, -0.15) is 0 Å². The molecule has 0 saturated heterocycles. The van der Waals surface area contributed by atoms with Crippen molar-refractivity contribution < 1.29 is 24.6 Å². The lowest BCUT2D eigenvalue weighted by molar-refractivity contribution is -0.147. The fourth-order valence-corrected chi connectivity index (χ4v) is 1.80. The molecule has 0 aromatic heterocycles. The molecular formula is C11H15NO5. The monoisotopic (exact) mass is 241 g/mol. The van der Waals surface area contributed by atoms with Gasteiger partial charge in [-0.1, -0.05) is 12.2 Å². The molecule has 1 rings (SSSR count). The van der Waals surface area contributed by atoms with Crippen molar-refractivity contribution in [3.63, 3.8) is 0 Å². The van der Waals surface area contributed by atoms with Crippen LogP contribution in [0, 0.1) is 11.8 Å². The van der Waals surface area contributed by atoms with Crippen LogP contribution in [0.25, 0.3) is 0 Å². The molecule has 6 heteroatoms. The third kappa shape index (κ3) is 3.90. The molecule has 2 atom stereocenters. The van der Waals surface area contributed by atoms with Gasteiger partial charge in [-0.3, -0.25) is 14.4 Å². The second-order valence-electron chi connectivity index (χ2n) is 3.93. The predicted molar refractivity (Wildman–Crippen MR) is 58.3 cm³/mol. The van der Waals surface area contributed by atoms with Crippen LogP contribution in [-0.2, 0) is 14.4 Å². The number of rotatable bonds is 5. The minimum atomic E-state index is -0.997. The summed E-state index contributed by atoms with van der Waals surface area (Å²) in [6.07, 6.45) is 4.09. The number of carbonyl (C=O) groups excluding carboxylic acids is 1. The van der Waals surface area contributed by atoms with Gasteiger partial charge in [-0.05, 0) is 12.8 Å². The highest BCUT2D eigenvalue weighted by atomic mass is 16.4. The lowest BCUT2D eigenvalue weighted by Gasteiger charge is -2.24. The van der Waals surface area contributed by atoms with Gasteiger partial charge in [0.15, 0.2) is 0 Å². The summed E-state index contributed by atoms with van der Waals surface area (Å²) in [5.41, 5.74) is 0. The van der Waals surface area contributed by atoms with E-state index in [0.29, 0.717) is 12.8 Å². The van der Waals surface area contributed by atoms with Crippen molar-refractivity contribution in [2.45, 2.75) is 19.3 Å². The maximum absolute atomic E-state index is 11.7. The number of carboxylic acid groups (broad SMARTS) is 2. The van der Waals surface area contributed by atoms with Crippen LogP contribution in [0.3, 0.4) is 0 Å². The predicted octanol–water partition coefficient (Wildman–Crippen LogP) is 0.244. The van der Waals surface area contributed by atoms with Crippen molar-refractivity contribution in [3.05, 3.63) is 12.2 Å². The Balaban J connectivity index is 2.51. The van der Waals surface area contributed by atoms with Gasteiger partial charge in [0.1, 0.15) is 0 Å². The van der Waals surface area contributed by atoms with Gasteiger partial charge in [0.2, 0.25) is 5.91 Å². The van der Waals surface area contributed by atoms with Crippen molar-refractivity contribution >= 4 is 17.8 Å². The lowest BCUT2D eigenvalue weighted by atomic mass is 9.82. The van der Waals surface area contributed by atoms with Gasteiger partial charge in [0, 0.05) is 6.54 Å². The summed E-state index contributed by atoms with van der Waals surface area (Å²) in [4.78, 5) is 32.9. The number of allylic oxidation sites excluding steroid dienone is 2. The van der Waals surface area contributed by atoms with Crippen LogP contribution in [-0.4, -0.2) is 34.6 Å². The molecule has 0 aromatic rings. The van der Waals surface area contributed by atoms with Crippen molar-refractivity contribution in [1.29, 1.82) is 0 Å². The van der Waals surface area contributed by atoms with Crippen LogP contribution < -0.4 is 5.32 Å². The Bertz CT molecular complexity index is 350. The molecule has 0 aromatic carbocycles. The Labute approximate surface area is 98.3 Å². The van der Waals surface area contributed by atoms with E-state index in [9.17, 15) is 14.4 Å². The zero-order chi connectivity index (χ0) is 12.8. The summed E-state index contributed by atoms with van der Waals surface area (Å²) >= 11 is 0. The van der Waals surface area contributed by atoms with Crippen molar-refractivity contribution in [2.75, 3.05) is 6.54 Å². The summed E-state index contributed by atoms with van der Waals surface area (Å²) in [6.45, 7) is 0.0285. The first-order valence-electron chi connectivity index (χ1n) is 5.39. The number of hydrogen-bond acceptors (Lipinski definition) is 3. The second-order valence-corrected chi connectivity index (χ2v) is 3.93. The van der Waals surface area contributed by atoms with Gasteiger partial charge in [0.05, 0.1) is 18.3 Å². The molecule has 6 nitrogen and oxygen atoms in total. The van der Waals surface area contributed by atoms with Crippen molar-refractivity contribution in [1.82, 2.24) is 5.32 Å². The summed E-state index contributed by atoms with van der Waals surface area (Å²) in [5.74, 6) is -3.70. The number of carbonyl (C=O) groups is 3. The summed E-state index contributed by atoms with van der Waals surface area (Å²) in [7, 11) is 0. The highest BCUT2D eigenvalue weighted by molar-refractivity contribution is 5.85. The van der Waals surface area contributed by atoms with E-state index in [-0.39, 0.29) is 18.9 Å². The third-order valence-electron chi connectivity index (χ3n) is 2.72. The minimum absolute atomic E-state index is 0.0285. The first-order valence-corrected chi connectivity index (χ1v) is 5.39. The third-order valence-corrected chi connectivity index (χ3v) is 2.72. The lowest BCUT2D eigenvalue weighted by Crippen LogP contribution is -2.39.